The van der Waals surface area contributed by atoms with Crippen LogP contribution in [0.2, 0.25) is 0 Å². The topological polar surface area (TPSA) is 12.4 Å². The SMILES string of the molecule is CC.CC.CC/C=C(\C=NCC)C(C)C. The van der Waals surface area contributed by atoms with E-state index >= 15 is 0 Å². The van der Waals surface area contributed by atoms with Crippen LogP contribution in [0, 0.1) is 5.92 Å². The molecule has 0 fully saturated rings. The summed E-state index contributed by atoms with van der Waals surface area (Å²) in [6, 6.07) is 0. The molecule has 0 aliphatic heterocycles. The van der Waals surface area contributed by atoms with Crippen molar-refractivity contribution in [2.75, 3.05) is 6.54 Å². The van der Waals surface area contributed by atoms with Crippen molar-refractivity contribution in [3.63, 3.8) is 0 Å². The minimum atomic E-state index is 0.602. The van der Waals surface area contributed by atoms with E-state index in [1.165, 1.54) is 5.57 Å². The van der Waals surface area contributed by atoms with E-state index in [-0.39, 0.29) is 0 Å². The average Bonchev–Trinajstić information content (AvgIpc) is 2.29. The third-order valence-electron chi connectivity index (χ3n) is 1.53. The Morgan fingerprint density at radius 2 is 1.53 bits per heavy atom. The molecule has 0 aromatic heterocycles. The number of aliphatic imine (C=N–C) groups is 1. The Kier molecular flexibility index (Phi) is 25.3. The maximum atomic E-state index is 4.22. The first-order valence-electron chi connectivity index (χ1n) is 6.42. The third kappa shape index (κ3) is 16.1. The Bertz CT molecular complexity index is 143. The molecule has 0 spiro atoms. The molecule has 0 saturated carbocycles. The predicted molar refractivity (Wildman–Crippen MR) is 74.9 cm³/mol. The van der Waals surface area contributed by atoms with E-state index in [0.29, 0.717) is 5.92 Å². The van der Waals surface area contributed by atoms with Gasteiger partial charge < -0.3 is 0 Å². The van der Waals surface area contributed by atoms with Crippen molar-refractivity contribution >= 4 is 6.21 Å². The molecule has 0 rings (SSSR count). The van der Waals surface area contributed by atoms with Gasteiger partial charge in [-0.3, -0.25) is 4.99 Å². The lowest BCUT2D eigenvalue weighted by atomic mass is 10.0. The molecule has 0 aliphatic carbocycles. The molecule has 0 aliphatic rings. The van der Waals surface area contributed by atoms with Crippen LogP contribution in [0.3, 0.4) is 0 Å². The molecule has 0 aromatic rings. The highest BCUT2D eigenvalue weighted by molar-refractivity contribution is 5.78. The number of allylic oxidation sites excluding steroid dienone is 2. The summed E-state index contributed by atoms with van der Waals surface area (Å²) in [6.07, 6.45) is 5.33. The summed E-state index contributed by atoms with van der Waals surface area (Å²) < 4.78 is 0. The van der Waals surface area contributed by atoms with Gasteiger partial charge in [-0.2, -0.15) is 0 Å². The largest absolute Gasteiger partial charge is 0.293 e. The molecule has 0 radical (unpaired) electrons. The van der Waals surface area contributed by atoms with Gasteiger partial charge in [0.15, 0.2) is 0 Å². The van der Waals surface area contributed by atoms with E-state index in [2.05, 4.69) is 38.8 Å². The standard InChI is InChI=1S/C10H19N.2C2H6/c1-5-7-10(9(3)4)8-11-6-2;2*1-2/h7-9H,5-6H2,1-4H3;2*1-2H3/b10-7+,11-8?;;. The minimum absolute atomic E-state index is 0.602. The van der Waals surface area contributed by atoms with Gasteiger partial charge in [0.2, 0.25) is 0 Å². The van der Waals surface area contributed by atoms with Crippen LogP contribution in [-0.4, -0.2) is 12.8 Å². The van der Waals surface area contributed by atoms with Crippen LogP contribution >= 0.6 is 0 Å². The second-order valence-electron chi connectivity index (χ2n) is 2.89. The van der Waals surface area contributed by atoms with E-state index in [0.717, 1.165) is 13.0 Å². The summed E-state index contributed by atoms with van der Waals surface area (Å²) >= 11 is 0. The summed E-state index contributed by atoms with van der Waals surface area (Å²) in [4.78, 5) is 4.22. The number of hydrogen-bond acceptors (Lipinski definition) is 1. The van der Waals surface area contributed by atoms with E-state index in [1.807, 2.05) is 33.9 Å². The van der Waals surface area contributed by atoms with E-state index in [4.69, 9.17) is 0 Å². The van der Waals surface area contributed by atoms with Gasteiger partial charge in [-0.15, -0.1) is 0 Å². The monoisotopic (exact) mass is 213 g/mol. The van der Waals surface area contributed by atoms with Crippen LogP contribution in [-0.2, 0) is 0 Å². The van der Waals surface area contributed by atoms with Crippen molar-refractivity contribution in [3.05, 3.63) is 11.6 Å². The Balaban J connectivity index is -0.000000318. The zero-order valence-corrected chi connectivity index (χ0v) is 12.1. The molecule has 0 saturated heterocycles. The molecule has 0 heterocycles. The summed E-state index contributed by atoms with van der Waals surface area (Å²) in [7, 11) is 0. The van der Waals surface area contributed by atoms with Crippen LogP contribution in [0.4, 0.5) is 0 Å². The van der Waals surface area contributed by atoms with Gasteiger partial charge in [0, 0.05) is 12.8 Å². The van der Waals surface area contributed by atoms with Gasteiger partial charge in [-0.05, 0) is 24.8 Å². The van der Waals surface area contributed by atoms with Gasteiger partial charge in [0.05, 0.1) is 0 Å². The number of rotatable bonds is 4. The van der Waals surface area contributed by atoms with Gasteiger partial charge in [-0.25, -0.2) is 0 Å². The van der Waals surface area contributed by atoms with E-state index in [9.17, 15) is 0 Å². The van der Waals surface area contributed by atoms with Crippen molar-refractivity contribution in [3.8, 4) is 0 Å². The second kappa shape index (κ2) is 19.1. The molecule has 0 aromatic carbocycles. The highest BCUT2D eigenvalue weighted by Crippen LogP contribution is 2.07. The lowest BCUT2D eigenvalue weighted by molar-refractivity contribution is 0.799. The van der Waals surface area contributed by atoms with Crippen LogP contribution in [0.25, 0.3) is 0 Å². The van der Waals surface area contributed by atoms with Crippen molar-refractivity contribution < 1.29 is 0 Å². The minimum Gasteiger partial charge on any atom is -0.293 e. The fraction of sp³-hybridized carbons (Fsp3) is 0.786. The fourth-order valence-corrected chi connectivity index (χ4v) is 0.870. The second-order valence-corrected chi connectivity index (χ2v) is 2.89. The summed E-state index contributed by atoms with van der Waals surface area (Å²) in [5, 5.41) is 0. The maximum absolute atomic E-state index is 4.22. The summed E-state index contributed by atoms with van der Waals surface area (Å²) in [6.45, 7) is 17.5. The van der Waals surface area contributed by atoms with E-state index in [1.54, 1.807) is 0 Å². The Labute approximate surface area is 97.7 Å². The number of hydrogen-bond donors (Lipinski definition) is 0. The van der Waals surface area contributed by atoms with Crippen molar-refractivity contribution in [2.45, 2.75) is 61.8 Å². The lowest BCUT2D eigenvalue weighted by Gasteiger charge is -2.04. The highest BCUT2D eigenvalue weighted by Gasteiger charge is 1.97. The van der Waals surface area contributed by atoms with Crippen LogP contribution in [0.1, 0.15) is 61.8 Å². The number of nitrogens with zero attached hydrogens (tertiary/aromatic N) is 1. The quantitative estimate of drug-likeness (QED) is 0.575. The smallest absolute Gasteiger partial charge is 0.0361 e. The molecule has 92 valence electrons. The molecule has 1 heteroatoms. The first-order chi connectivity index (χ1) is 7.22. The molecular formula is C14H31N. The van der Waals surface area contributed by atoms with Gasteiger partial charge in [0.1, 0.15) is 0 Å². The zero-order valence-electron chi connectivity index (χ0n) is 12.1. The molecule has 0 unspecified atom stereocenters. The predicted octanol–water partition coefficient (Wildman–Crippen LogP) is 5.12. The maximum Gasteiger partial charge on any atom is 0.0361 e. The van der Waals surface area contributed by atoms with Gasteiger partial charge in [0.25, 0.3) is 0 Å². The highest BCUT2D eigenvalue weighted by atomic mass is 14.7. The van der Waals surface area contributed by atoms with Crippen molar-refractivity contribution in [1.29, 1.82) is 0 Å². The lowest BCUT2D eigenvalue weighted by Crippen LogP contribution is -1.95. The molecule has 0 atom stereocenters. The van der Waals surface area contributed by atoms with Crippen molar-refractivity contribution in [2.24, 2.45) is 10.9 Å². The van der Waals surface area contributed by atoms with Gasteiger partial charge in [-0.1, -0.05) is 54.5 Å². The molecular weight excluding hydrogens is 182 g/mol. The van der Waals surface area contributed by atoms with Crippen LogP contribution < -0.4 is 0 Å². The summed E-state index contributed by atoms with van der Waals surface area (Å²) in [5.41, 5.74) is 1.36. The summed E-state index contributed by atoms with van der Waals surface area (Å²) in [5.74, 6) is 0.602. The third-order valence-corrected chi connectivity index (χ3v) is 1.53. The Hall–Kier alpha value is -0.590. The molecule has 0 amide bonds. The van der Waals surface area contributed by atoms with E-state index < -0.39 is 0 Å². The molecule has 0 N–H and O–H groups in total. The first-order valence-corrected chi connectivity index (χ1v) is 6.42. The normalized spacial score (nSPS) is 10.6. The van der Waals surface area contributed by atoms with Crippen LogP contribution in [0.5, 0.6) is 0 Å². The fourth-order valence-electron chi connectivity index (χ4n) is 0.870. The van der Waals surface area contributed by atoms with Gasteiger partial charge >= 0.3 is 0 Å². The molecule has 0 bridgehead atoms. The average molecular weight is 213 g/mol. The molecule has 15 heavy (non-hydrogen) atoms. The van der Waals surface area contributed by atoms with Crippen molar-refractivity contribution in [1.82, 2.24) is 0 Å². The molecule has 1 nitrogen and oxygen atoms in total. The Morgan fingerprint density at radius 1 is 1.07 bits per heavy atom. The zero-order chi connectivity index (χ0) is 12.7. The van der Waals surface area contributed by atoms with Crippen LogP contribution in [0.15, 0.2) is 16.6 Å². The first kappa shape index (κ1) is 19.9. The Morgan fingerprint density at radius 3 is 1.80 bits per heavy atom.